The van der Waals surface area contributed by atoms with Gasteiger partial charge in [0.15, 0.2) is 0 Å². The zero-order chi connectivity index (χ0) is 15.2. The molecule has 0 aromatic heterocycles. The SMILES string of the molecule is CNS(=O)(=O)c1ccc(NC(=O)CCCC(=O)O)cc1. The smallest absolute Gasteiger partial charge is 0.303 e. The fourth-order valence-corrected chi connectivity index (χ4v) is 2.19. The maximum Gasteiger partial charge on any atom is 0.303 e. The third kappa shape index (κ3) is 4.98. The Morgan fingerprint density at radius 2 is 1.75 bits per heavy atom. The molecule has 1 aromatic carbocycles. The molecule has 0 bridgehead atoms. The highest BCUT2D eigenvalue weighted by Gasteiger charge is 2.11. The molecule has 0 aliphatic carbocycles. The van der Waals surface area contributed by atoms with Crippen molar-refractivity contribution in [2.24, 2.45) is 0 Å². The van der Waals surface area contributed by atoms with Crippen molar-refractivity contribution >= 4 is 27.6 Å². The first-order valence-corrected chi connectivity index (χ1v) is 7.39. The van der Waals surface area contributed by atoms with E-state index in [9.17, 15) is 18.0 Å². The first kappa shape index (κ1) is 16.1. The summed E-state index contributed by atoms with van der Waals surface area (Å²) < 4.78 is 25.2. The van der Waals surface area contributed by atoms with E-state index in [1.807, 2.05) is 0 Å². The first-order valence-electron chi connectivity index (χ1n) is 5.90. The van der Waals surface area contributed by atoms with Crippen LogP contribution in [0.4, 0.5) is 5.69 Å². The van der Waals surface area contributed by atoms with Crippen molar-refractivity contribution < 1.29 is 23.1 Å². The summed E-state index contributed by atoms with van der Waals surface area (Å²) in [5, 5.41) is 11.0. The van der Waals surface area contributed by atoms with E-state index < -0.39 is 16.0 Å². The Morgan fingerprint density at radius 1 is 1.15 bits per heavy atom. The van der Waals surface area contributed by atoms with E-state index in [-0.39, 0.29) is 30.1 Å². The number of rotatable bonds is 7. The highest BCUT2D eigenvalue weighted by molar-refractivity contribution is 7.89. The van der Waals surface area contributed by atoms with Crippen LogP contribution in [0.1, 0.15) is 19.3 Å². The van der Waals surface area contributed by atoms with Crippen molar-refractivity contribution in [3.05, 3.63) is 24.3 Å². The summed E-state index contributed by atoms with van der Waals surface area (Å²) in [5.74, 6) is -1.25. The minimum absolute atomic E-state index is 0.0627. The van der Waals surface area contributed by atoms with Gasteiger partial charge >= 0.3 is 5.97 Å². The lowest BCUT2D eigenvalue weighted by atomic mass is 10.2. The van der Waals surface area contributed by atoms with Gasteiger partial charge in [0.2, 0.25) is 15.9 Å². The lowest BCUT2D eigenvalue weighted by Crippen LogP contribution is -2.18. The largest absolute Gasteiger partial charge is 0.481 e. The van der Waals surface area contributed by atoms with Gasteiger partial charge in [0.25, 0.3) is 0 Å². The molecular formula is C12H16N2O5S. The predicted molar refractivity (Wildman–Crippen MR) is 72.8 cm³/mol. The van der Waals surface area contributed by atoms with Gasteiger partial charge in [-0.05, 0) is 37.7 Å². The van der Waals surface area contributed by atoms with Crippen LogP contribution in [-0.4, -0.2) is 32.4 Å². The molecule has 0 unspecified atom stereocenters. The average Bonchev–Trinajstić information content (AvgIpc) is 2.39. The van der Waals surface area contributed by atoms with Gasteiger partial charge in [-0.1, -0.05) is 0 Å². The van der Waals surface area contributed by atoms with Gasteiger partial charge in [-0.3, -0.25) is 9.59 Å². The predicted octanol–water partition coefficient (Wildman–Crippen LogP) is 0.788. The van der Waals surface area contributed by atoms with Crippen molar-refractivity contribution in [1.29, 1.82) is 0 Å². The molecule has 1 amide bonds. The lowest BCUT2D eigenvalue weighted by Gasteiger charge is -2.06. The average molecular weight is 300 g/mol. The molecule has 0 atom stereocenters. The quantitative estimate of drug-likeness (QED) is 0.689. The Labute approximate surface area is 117 Å². The highest BCUT2D eigenvalue weighted by atomic mass is 32.2. The van der Waals surface area contributed by atoms with Gasteiger partial charge in [-0.15, -0.1) is 0 Å². The maximum absolute atomic E-state index is 11.5. The summed E-state index contributed by atoms with van der Waals surface area (Å²) in [6.07, 6.45) is 0.295. The lowest BCUT2D eigenvalue weighted by molar-refractivity contribution is -0.137. The van der Waals surface area contributed by atoms with Gasteiger partial charge in [0.1, 0.15) is 0 Å². The van der Waals surface area contributed by atoms with Crippen LogP contribution < -0.4 is 10.0 Å². The van der Waals surface area contributed by atoms with E-state index in [0.717, 1.165) is 0 Å². The van der Waals surface area contributed by atoms with E-state index in [0.29, 0.717) is 5.69 Å². The number of carbonyl (C=O) groups excluding carboxylic acids is 1. The van der Waals surface area contributed by atoms with Gasteiger partial charge in [0.05, 0.1) is 4.90 Å². The number of hydrogen-bond donors (Lipinski definition) is 3. The monoisotopic (exact) mass is 300 g/mol. The van der Waals surface area contributed by atoms with Crippen molar-refractivity contribution in [3.8, 4) is 0 Å². The van der Waals surface area contributed by atoms with Crippen LogP contribution in [0.25, 0.3) is 0 Å². The fourth-order valence-electron chi connectivity index (χ4n) is 1.46. The first-order chi connectivity index (χ1) is 9.35. The summed E-state index contributed by atoms with van der Waals surface area (Å²) in [5.41, 5.74) is 0.459. The van der Waals surface area contributed by atoms with Crippen molar-refractivity contribution in [2.45, 2.75) is 24.2 Å². The van der Waals surface area contributed by atoms with Crippen LogP contribution in [0.15, 0.2) is 29.2 Å². The Balaban J connectivity index is 2.58. The fraction of sp³-hybridized carbons (Fsp3) is 0.333. The zero-order valence-electron chi connectivity index (χ0n) is 10.9. The van der Waals surface area contributed by atoms with Crippen LogP contribution in [0.5, 0.6) is 0 Å². The Hall–Kier alpha value is -1.93. The van der Waals surface area contributed by atoms with Gasteiger partial charge in [-0.25, -0.2) is 13.1 Å². The van der Waals surface area contributed by atoms with Crippen LogP contribution in [0.2, 0.25) is 0 Å². The van der Waals surface area contributed by atoms with Crippen LogP contribution in [-0.2, 0) is 19.6 Å². The molecule has 8 heteroatoms. The number of benzene rings is 1. The molecule has 0 saturated carbocycles. The van der Waals surface area contributed by atoms with E-state index in [4.69, 9.17) is 5.11 Å². The Bertz CT molecular complexity index is 580. The summed E-state index contributed by atoms with van der Waals surface area (Å²) >= 11 is 0. The third-order valence-corrected chi connectivity index (χ3v) is 3.94. The number of amides is 1. The van der Waals surface area contributed by atoms with Gasteiger partial charge in [-0.2, -0.15) is 0 Å². The van der Waals surface area contributed by atoms with Gasteiger partial charge in [0, 0.05) is 18.5 Å². The van der Waals surface area contributed by atoms with Crippen molar-refractivity contribution in [3.63, 3.8) is 0 Å². The molecule has 110 valence electrons. The molecule has 0 heterocycles. The number of carbonyl (C=O) groups is 2. The topological polar surface area (TPSA) is 113 Å². The third-order valence-electron chi connectivity index (χ3n) is 2.51. The number of hydrogen-bond acceptors (Lipinski definition) is 4. The molecule has 20 heavy (non-hydrogen) atoms. The normalized spacial score (nSPS) is 11.1. The number of carboxylic acid groups (broad SMARTS) is 1. The molecule has 0 radical (unpaired) electrons. The molecule has 3 N–H and O–H groups in total. The van der Waals surface area contributed by atoms with Crippen LogP contribution >= 0.6 is 0 Å². The molecule has 0 spiro atoms. The summed E-state index contributed by atoms with van der Waals surface area (Å²) in [7, 11) is -2.18. The van der Waals surface area contributed by atoms with Gasteiger partial charge < -0.3 is 10.4 Å². The summed E-state index contributed by atoms with van der Waals surface area (Å²) in [6, 6.07) is 5.69. The van der Waals surface area contributed by atoms with E-state index in [1.165, 1.54) is 31.3 Å². The Morgan fingerprint density at radius 3 is 2.25 bits per heavy atom. The number of carboxylic acids is 1. The van der Waals surface area contributed by atoms with Crippen molar-refractivity contribution in [2.75, 3.05) is 12.4 Å². The van der Waals surface area contributed by atoms with Crippen LogP contribution in [0.3, 0.4) is 0 Å². The molecule has 0 aliphatic heterocycles. The molecule has 7 nitrogen and oxygen atoms in total. The second kappa shape index (κ2) is 7.01. The number of sulfonamides is 1. The second-order valence-corrected chi connectivity index (χ2v) is 5.91. The zero-order valence-corrected chi connectivity index (χ0v) is 11.7. The van der Waals surface area contributed by atoms with E-state index in [2.05, 4.69) is 10.0 Å². The van der Waals surface area contributed by atoms with E-state index >= 15 is 0 Å². The minimum atomic E-state index is -3.50. The number of nitrogens with one attached hydrogen (secondary N) is 2. The number of anilines is 1. The van der Waals surface area contributed by atoms with E-state index in [1.54, 1.807) is 0 Å². The summed E-state index contributed by atoms with van der Waals surface area (Å²) in [6.45, 7) is 0. The molecule has 0 aliphatic rings. The minimum Gasteiger partial charge on any atom is -0.481 e. The standard InChI is InChI=1S/C12H16N2O5S/c1-13-20(18,19)10-7-5-9(6-8-10)14-11(15)3-2-4-12(16)17/h5-8,13H,2-4H2,1H3,(H,14,15)(H,16,17). The van der Waals surface area contributed by atoms with Crippen molar-refractivity contribution in [1.82, 2.24) is 4.72 Å². The maximum atomic E-state index is 11.5. The molecule has 0 fully saturated rings. The molecule has 1 aromatic rings. The Kier molecular flexibility index (Phi) is 5.66. The van der Waals surface area contributed by atoms with Crippen LogP contribution in [0, 0.1) is 0 Å². The molecule has 0 saturated heterocycles. The molecular weight excluding hydrogens is 284 g/mol. The number of aliphatic carboxylic acids is 1. The summed E-state index contributed by atoms with van der Waals surface area (Å²) in [4.78, 5) is 21.9. The molecule has 1 rings (SSSR count). The highest BCUT2D eigenvalue weighted by Crippen LogP contribution is 2.14. The second-order valence-electron chi connectivity index (χ2n) is 4.03.